The number of amides is 1. The lowest BCUT2D eigenvalue weighted by Crippen LogP contribution is -2.43. The molecule has 1 saturated heterocycles. The van der Waals surface area contributed by atoms with Crippen molar-refractivity contribution in [2.75, 3.05) is 6.54 Å². The van der Waals surface area contributed by atoms with Gasteiger partial charge in [0.2, 0.25) is 5.91 Å². The molecule has 0 aromatic heterocycles. The Hall–Kier alpha value is -1.92. The molecule has 1 aliphatic heterocycles. The first-order valence-corrected chi connectivity index (χ1v) is 4.17. The van der Waals surface area contributed by atoms with Crippen LogP contribution in [0.25, 0.3) is 0 Å². The van der Waals surface area contributed by atoms with Crippen LogP contribution < -0.4 is 0 Å². The summed E-state index contributed by atoms with van der Waals surface area (Å²) in [6, 6.07) is -1.46. The summed E-state index contributed by atoms with van der Waals surface area (Å²) in [6.45, 7) is -0.316. The Kier molecular flexibility index (Phi) is 3.03. The number of rotatable bonds is 4. The molecule has 1 amide bonds. The fourth-order valence-corrected chi connectivity index (χ4v) is 1.38. The number of Topliss-reactive ketones (excluding diaryl/α,β-unsaturated/α-hetero) is 1. The smallest absolute Gasteiger partial charge is 0.327 e. The van der Waals surface area contributed by atoms with Crippen molar-refractivity contribution in [1.29, 1.82) is 0 Å². The SMILES string of the molecule is O=C(O)C[C@@H](C(=O)O)N1CC(=O)CC1=O. The first-order valence-electron chi connectivity index (χ1n) is 4.17. The van der Waals surface area contributed by atoms with Crippen LogP contribution in [0.4, 0.5) is 0 Å². The van der Waals surface area contributed by atoms with Crippen molar-refractivity contribution in [3.05, 3.63) is 0 Å². The largest absolute Gasteiger partial charge is 0.481 e. The van der Waals surface area contributed by atoms with Gasteiger partial charge in [-0.25, -0.2) is 4.79 Å². The highest BCUT2D eigenvalue weighted by molar-refractivity contribution is 6.06. The quantitative estimate of drug-likeness (QED) is 0.564. The molecule has 1 heterocycles. The van der Waals surface area contributed by atoms with E-state index in [0.29, 0.717) is 0 Å². The maximum Gasteiger partial charge on any atom is 0.327 e. The van der Waals surface area contributed by atoms with Gasteiger partial charge in [-0.15, -0.1) is 0 Å². The van der Waals surface area contributed by atoms with Gasteiger partial charge in [0.15, 0.2) is 5.78 Å². The minimum atomic E-state index is -1.46. The first-order chi connectivity index (χ1) is 6.91. The number of carboxylic acid groups (broad SMARTS) is 2. The van der Waals surface area contributed by atoms with Gasteiger partial charge in [-0.3, -0.25) is 14.4 Å². The highest BCUT2D eigenvalue weighted by Crippen LogP contribution is 2.14. The fraction of sp³-hybridized carbons (Fsp3) is 0.500. The van der Waals surface area contributed by atoms with E-state index < -0.39 is 36.1 Å². The van der Waals surface area contributed by atoms with E-state index in [1.165, 1.54) is 0 Å². The van der Waals surface area contributed by atoms with Gasteiger partial charge in [0.1, 0.15) is 6.04 Å². The van der Waals surface area contributed by atoms with Gasteiger partial charge >= 0.3 is 11.9 Å². The molecule has 0 saturated carbocycles. The maximum absolute atomic E-state index is 11.2. The second-order valence-corrected chi connectivity index (χ2v) is 3.19. The van der Waals surface area contributed by atoms with E-state index in [1.807, 2.05) is 0 Å². The van der Waals surface area contributed by atoms with E-state index in [1.54, 1.807) is 0 Å². The Bertz CT molecular complexity index is 336. The Morgan fingerprint density at radius 1 is 1.33 bits per heavy atom. The van der Waals surface area contributed by atoms with Crippen molar-refractivity contribution >= 4 is 23.6 Å². The van der Waals surface area contributed by atoms with Gasteiger partial charge in [-0.2, -0.15) is 0 Å². The molecule has 0 unspecified atom stereocenters. The van der Waals surface area contributed by atoms with Crippen LogP contribution in [0.5, 0.6) is 0 Å². The summed E-state index contributed by atoms with van der Waals surface area (Å²) >= 11 is 0. The molecule has 82 valence electrons. The van der Waals surface area contributed by atoms with Crippen molar-refractivity contribution in [2.45, 2.75) is 18.9 Å². The van der Waals surface area contributed by atoms with E-state index in [0.717, 1.165) is 4.90 Å². The summed E-state index contributed by atoms with van der Waals surface area (Å²) < 4.78 is 0. The number of likely N-dealkylation sites (tertiary alicyclic amines) is 1. The molecule has 1 rings (SSSR count). The number of nitrogens with zero attached hydrogens (tertiary/aromatic N) is 1. The lowest BCUT2D eigenvalue weighted by molar-refractivity contribution is -0.153. The number of carboxylic acids is 2. The van der Waals surface area contributed by atoms with E-state index >= 15 is 0 Å². The van der Waals surface area contributed by atoms with Crippen LogP contribution in [0.3, 0.4) is 0 Å². The number of aliphatic carboxylic acids is 2. The molecular formula is C8H9NO6. The average Bonchev–Trinajstić information content (AvgIpc) is 2.40. The minimum absolute atomic E-state index is 0.316. The lowest BCUT2D eigenvalue weighted by atomic mass is 10.2. The average molecular weight is 215 g/mol. The second-order valence-electron chi connectivity index (χ2n) is 3.19. The summed E-state index contributed by atoms with van der Waals surface area (Å²) in [5.74, 6) is -3.76. The van der Waals surface area contributed by atoms with Crippen molar-refractivity contribution in [1.82, 2.24) is 4.90 Å². The van der Waals surface area contributed by atoms with Crippen LogP contribution in [-0.4, -0.2) is 51.3 Å². The highest BCUT2D eigenvalue weighted by atomic mass is 16.4. The molecule has 7 heteroatoms. The Balaban J connectivity index is 2.80. The molecule has 0 bridgehead atoms. The minimum Gasteiger partial charge on any atom is -0.481 e. The van der Waals surface area contributed by atoms with Crippen LogP contribution in [0.15, 0.2) is 0 Å². The number of hydrogen-bond donors (Lipinski definition) is 2. The summed E-state index contributed by atoms with van der Waals surface area (Å²) in [6.07, 6.45) is -1.04. The van der Waals surface area contributed by atoms with E-state index in [4.69, 9.17) is 10.2 Å². The van der Waals surface area contributed by atoms with E-state index in [9.17, 15) is 19.2 Å². The number of carbonyl (C=O) groups excluding carboxylic acids is 2. The third kappa shape index (κ3) is 2.52. The molecule has 0 spiro atoms. The molecule has 7 nitrogen and oxygen atoms in total. The molecule has 1 aliphatic rings. The zero-order chi connectivity index (χ0) is 11.6. The zero-order valence-electron chi connectivity index (χ0n) is 7.67. The predicted octanol–water partition coefficient (Wildman–Crippen LogP) is -1.28. The molecule has 0 radical (unpaired) electrons. The number of ketones is 1. The Morgan fingerprint density at radius 2 is 1.93 bits per heavy atom. The molecule has 1 atom stereocenters. The Labute approximate surface area is 84.3 Å². The van der Waals surface area contributed by atoms with Crippen LogP contribution in [0.1, 0.15) is 12.8 Å². The van der Waals surface area contributed by atoms with Gasteiger partial charge in [0.25, 0.3) is 0 Å². The third-order valence-corrected chi connectivity index (χ3v) is 2.04. The standard InChI is InChI=1S/C8H9NO6/c10-4-1-6(11)9(3-4)5(8(14)15)2-7(12)13/h5H,1-3H2,(H,12,13)(H,14,15)/t5-/m0/s1. The van der Waals surface area contributed by atoms with Gasteiger partial charge in [-0.05, 0) is 0 Å². The van der Waals surface area contributed by atoms with Crippen LogP contribution in [0, 0.1) is 0 Å². The predicted molar refractivity (Wildman–Crippen MR) is 45.0 cm³/mol. The Morgan fingerprint density at radius 3 is 2.27 bits per heavy atom. The van der Waals surface area contributed by atoms with E-state index in [-0.39, 0.29) is 13.0 Å². The van der Waals surface area contributed by atoms with Crippen molar-refractivity contribution in [3.8, 4) is 0 Å². The molecule has 2 N–H and O–H groups in total. The molecule has 0 aromatic carbocycles. The normalized spacial score (nSPS) is 18.0. The van der Waals surface area contributed by atoms with Crippen molar-refractivity contribution < 1.29 is 29.4 Å². The molecule has 0 aliphatic carbocycles. The number of carbonyl (C=O) groups is 4. The van der Waals surface area contributed by atoms with Gasteiger partial charge in [-0.1, -0.05) is 0 Å². The lowest BCUT2D eigenvalue weighted by Gasteiger charge is -2.21. The first kappa shape index (κ1) is 11.2. The summed E-state index contributed by atoms with van der Waals surface area (Å²) in [4.78, 5) is 43.9. The number of hydrogen-bond acceptors (Lipinski definition) is 4. The summed E-state index contributed by atoms with van der Waals surface area (Å²) in [7, 11) is 0. The van der Waals surface area contributed by atoms with Crippen LogP contribution in [-0.2, 0) is 19.2 Å². The fourth-order valence-electron chi connectivity index (χ4n) is 1.38. The summed E-state index contributed by atoms with van der Waals surface area (Å²) in [5.41, 5.74) is 0. The molecular weight excluding hydrogens is 206 g/mol. The molecule has 15 heavy (non-hydrogen) atoms. The van der Waals surface area contributed by atoms with E-state index in [2.05, 4.69) is 0 Å². The topological polar surface area (TPSA) is 112 Å². The van der Waals surface area contributed by atoms with Crippen LogP contribution >= 0.6 is 0 Å². The van der Waals surface area contributed by atoms with Gasteiger partial charge < -0.3 is 15.1 Å². The van der Waals surface area contributed by atoms with Gasteiger partial charge in [0.05, 0.1) is 19.4 Å². The highest BCUT2D eigenvalue weighted by Gasteiger charge is 2.37. The summed E-state index contributed by atoms with van der Waals surface area (Å²) in [5, 5.41) is 17.2. The third-order valence-electron chi connectivity index (χ3n) is 2.04. The maximum atomic E-state index is 11.2. The van der Waals surface area contributed by atoms with Crippen LogP contribution in [0.2, 0.25) is 0 Å². The zero-order valence-corrected chi connectivity index (χ0v) is 7.67. The monoisotopic (exact) mass is 215 g/mol. The molecule has 0 aromatic rings. The molecule has 1 fully saturated rings. The van der Waals surface area contributed by atoms with Crippen molar-refractivity contribution in [2.24, 2.45) is 0 Å². The van der Waals surface area contributed by atoms with Crippen molar-refractivity contribution in [3.63, 3.8) is 0 Å². The second kappa shape index (κ2) is 4.07. The van der Waals surface area contributed by atoms with Gasteiger partial charge in [0, 0.05) is 0 Å².